The second-order valence-electron chi connectivity index (χ2n) is 2.95. The van der Waals surface area contributed by atoms with Crippen molar-refractivity contribution in [2.75, 3.05) is 0 Å². The summed E-state index contributed by atoms with van der Waals surface area (Å²) in [6.45, 7) is 1.79. The highest BCUT2D eigenvalue weighted by Gasteiger charge is 2.19. The van der Waals surface area contributed by atoms with Gasteiger partial charge in [0.15, 0.2) is 6.20 Å². The van der Waals surface area contributed by atoms with E-state index in [1.54, 1.807) is 31.3 Å². The van der Waals surface area contributed by atoms with Gasteiger partial charge in [-0.1, -0.05) is 11.3 Å². The Bertz CT molecular complexity index is 530. The van der Waals surface area contributed by atoms with Crippen LogP contribution in [0.3, 0.4) is 0 Å². The molecule has 2 aromatic heterocycles. The topological polar surface area (TPSA) is 54.5 Å². The summed E-state index contributed by atoms with van der Waals surface area (Å²) in [5.41, 5.74) is 0.164. The summed E-state index contributed by atoms with van der Waals surface area (Å²) in [5.74, 6) is -0.0423. The van der Waals surface area contributed by atoms with Crippen LogP contribution in [0, 0.1) is 0 Å². The maximum absolute atomic E-state index is 11.3. The quantitative estimate of drug-likeness (QED) is 0.675. The molecule has 0 atom stereocenters. The summed E-state index contributed by atoms with van der Waals surface area (Å²) in [6.07, 6.45) is 2.10. The Labute approximate surface area is 80.1 Å². The molecule has 0 bridgehead atoms. The average molecular weight is 192 g/mol. The van der Waals surface area contributed by atoms with Crippen molar-refractivity contribution in [3.05, 3.63) is 40.4 Å². The zero-order chi connectivity index (χ0) is 10.1. The summed E-state index contributed by atoms with van der Waals surface area (Å²) < 4.78 is 6.46. The monoisotopic (exact) mass is 192 g/mol. The zero-order valence-corrected chi connectivity index (χ0v) is 7.73. The van der Waals surface area contributed by atoms with Crippen molar-refractivity contribution in [2.45, 2.75) is 13.3 Å². The molecule has 4 nitrogen and oxygen atoms in total. The van der Waals surface area contributed by atoms with E-state index in [0.29, 0.717) is 17.7 Å². The standard InChI is InChI=1S/C10H9NO3/c1-2-7-9(12)11-6-4-3-5-8(11)14-10(7)13/h3-6H,2H2,1H3/p+1. The predicted molar refractivity (Wildman–Crippen MR) is 49.2 cm³/mol. The molecule has 0 saturated heterocycles. The van der Waals surface area contributed by atoms with Gasteiger partial charge in [-0.2, -0.15) is 0 Å². The van der Waals surface area contributed by atoms with Crippen LogP contribution >= 0.6 is 0 Å². The molecular weight excluding hydrogens is 182 g/mol. The third-order valence-corrected chi connectivity index (χ3v) is 2.12. The van der Waals surface area contributed by atoms with Crippen LogP contribution < -0.4 is 10.0 Å². The largest absolute Gasteiger partial charge is 0.459 e. The summed E-state index contributed by atoms with van der Waals surface area (Å²) in [7, 11) is 0. The van der Waals surface area contributed by atoms with Crippen LogP contribution in [-0.4, -0.2) is 5.11 Å². The van der Waals surface area contributed by atoms with Crippen molar-refractivity contribution in [1.29, 1.82) is 0 Å². The first kappa shape index (κ1) is 8.74. The Morgan fingerprint density at radius 2 is 2.29 bits per heavy atom. The van der Waals surface area contributed by atoms with E-state index in [0.717, 1.165) is 0 Å². The van der Waals surface area contributed by atoms with Crippen molar-refractivity contribution in [3.63, 3.8) is 0 Å². The van der Waals surface area contributed by atoms with Gasteiger partial charge < -0.3 is 9.52 Å². The predicted octanol–water partition coefficient (Wildman–Crippen LogP) is 0.647. The average Bonchev–Trinajstić information content (AvgIpc) is 2.18. The molecule has 0 aliphatic rings. The molecule has 0 radical (unpaired) electrons. The second kappa shape index (κ2) is 3.14. The summed E-state index contributed by atoms with van der Waals surface area (Å²) in [6, 6.07) is 5.12. The Morgan fingerprint density at radius 3 is 3.00 bits per heavy atom. The SMILES string of the molecule is CCc1c(O)[n+]2ccccc2oc1=O. The number of aromatic nitrogens is 1. The van der Waals surface area contributed by atoms with E-state index >= 15 is 0 Å². The minimum atomic E-state index is -0.476. The van der Waals surface area contributed by atoms with Gasteiger partial charge in [0.25, 0.3) is 0 Å². The Kier molecular flexibility index (Phi) is 1.96. The van der Waals surface area contributed by atoms with E-state index in [1.807, 2.05) is 0 Å². The molecule has 2 aromatic rings. The first-order valence-electron chi connectivity index (χ1n) is 4.39. The molecular formula is C10H10NO3+. The minimum Gasteiger partial charge on any atom is -0.459 e. The third-order valence-electron chi connectivity index (χ3n) is 2.12. The van der Waals surface area contributed by atoms with Crippen LogP contribution in [0.1, 0.15) is 12.5 Å². The van der Waals surface area contributed by atoms with Gasteiger partial charge in [0.2, 0.25) is 0 Å². The first-order chi connectivity index (χ1) is 6.74. The van der Waals surface area contributed by atoms with Gasteiger partial charge in [0.05, 0.1) is 6.07 Å². The van der Waals surface area contributed by atoms with E-state index in [1.165, 1.54) is 4.40 Å². The number of hydrogen-bond donors (Lipinski definition) is 1. The molecule has 2 heterocycles. The summed E-state index contributed by atoms with van der Waals surface area (Å²) in [5, 5.41) is 9.73. The minimum absolute atomic E-state index is 0.0423. The van der Waals surface area contributed by atoms with Crippen molar-refractivity contribution in [3.8, 4) is 5.88 Å². The molecule has 0 aliphatic carbocycles. The maximum atomic E-state index is 11.3. The molecule has 2 rings (SSSR count). The molecule has 0 unspecified atom stereocenters. The molecule has 0 fully saturated rings. The molecule has 1 N–H and O–H groups in total. The Morgan fingerprint density at radius 1 is 1.50 bits per heavy atom. The first-order valence-corrected chi connectivity index (χ1v) is 4.39. The molecule has 0 aliphatic heterocycles. The summed E-state index contributed by atoms with van der Waals surface area (Å²) >= 11 is 0. The van der Waals surface area contributed by atoms with Crippen LogP contribution in [0.5, 0.6) is 5.88 Å². The number of nitrogens with zero attached hydrogens (tertiary/aromatic N) is 1. The lowest BCUT2D eigenvalue weighted by Crippen LogP contribution is -2.27. The molecule has 14 heavy (non-hydrogen) atoms. The number of pyridine rings is 1. The molecule has 0 spiro atoms. The van der Waals surface area contributed by atoms with Crippen LogP contribution in [0.25, 0.3) is 5.71 Å². The number of fused-ring (bicyclic) bond motifs is 1. The van der Waals surface area contributed by atoms with Gasteiger partial charge in [-0.05, 0) is 12.5 Å². The van der Waals surface area contributed by atoms with Gasteiger partial charge in [0, 0.05) is 6.07 Å². The molecule has 4 heteroatoms. The smallest absolute Gasteiger partial charge is 0.384 e. The normalized spacial score (nSPS) is 10.6. The second-order valence-corrected chi connectivity index (χ2v) is 2.95. The van der Waals surface area contributed by atoms with Crippen LogP contribution in [0.4, 0.5) is 0 Å². The van der Waals surface area contributed by atoms with Crippen molar-refractivity contribution >= 4 is 5.71 Å². The van der Waals surface area contributed by atoms with Gasteiger partial charge >= 0.3 is 17.2 Å². The van der Waals surface area contributed by atoms with E-state index in [4.69, 9.17) is 4.42 Å². The highest BCUT2D eigenvalue weighted by molar-refractivity contribution is 5.27. The van der Waals surface area contributed by atoms with Crippen molar-refractivity contribution in [1.82, 2.24) is 0 Å². The van der Waals surface area contributed by atoms with Crippen LogP contribution in [-0.2, 0) is 6.42 Å². The summed E-state index contributed by atoms with van der Waals surface area (Å²) in [4.78, 5) is 11.3. The van der Waals surface area contributed by atoms with Gasteiger partial charge in [-0.25, -0.2) is 4.79 Å². The van der Waals surface area contributed by atoms with Gasteiger partial charge in [-0.3, -0.25) is 0 Å². The van der Waals surface area contributed by atoms with Crippen LogP contribution in [0.2, 0.25) is 0 Å². The lowest BCUT2D eigenvalue weighted by molar-refractivity contribution is -0.533. The fourth-order valence-electron chi connectivity index (χ4n) is 1.38. The van der Waals surface area contributed by atoms with Gasteiger partial charge in [-0.15, -0.1) is 0 Å². The lowest BCUT2D eigenvalue weighted by atomic mass is 10.2. The molecule has 0 aromatic carbocycles. The van der Waals surface area contributed by atoms with E-state index in [2.05, 4.69) is 0 Å². The van der Waals surface area contributed by atoms with E-state index < -0.39 is 5.63 Å². The molecule has 72 valence electrons. The lowest BCUT2D eigenvalue weighted by Gasteiger charge is -1.95. The highest BCUT2D eigenvalue weighted by atomic mass is 16.4. The highest BCUT2D eigenvalue weighted by Crippen LogP contribution is 2.08. The number of rotatable bonds is 1. The van der Waals surface area contributed by atoms with E-state index in [-0.39, 0.29) is 5.88 Å². The van der Waals surface area contributed by atoms with Crippen molar-refractivity contribution in [2.24, 2.45) is 0 Å². The Hall–Kier alpha value is -1.84. The van der Waals surface area contributed by atoms with Crippen molar-refractivity contribution < 1.29 is 13.9 Å². The van der Waals surface area contributed by atoms with E-state index in [9.17, 15) is 9.90 Å². The number of hydrogen-bond acceptors (Lipinski definition) is 3. The van der Waals surface area contributed by atoms with Crippen LogP contribution in [0.15, 0.2) is 33.6 Å². The zero-order valence-electron chi connectivity index (χ0n) is 7.73. The fourth-order valence-corrected chi connectivity index (χ4v) is 1.38. The van der Waals surface area contributed by atoms with Gasteiger partial charge in [0.1, 0.15) is 5.56 Å². The molecule has 0 amide bonds. The molecule has 0 saturated carbocycles. The fraction of sp³-hybridized carbons (Fsp3) is 0.200. The third kappa shape index (κ3) is 1.16. The Balaban J connectivity index is 2.93. The maximum Gasteiger partial charge on any atom is 0.384 e. The number of aromatic hydroxyl groups is 1.